The molecule has 3 aromatic rings. The number of carbonyl (C=O) groups is 2. The zero-order valence-corrected chi connectivity index (χ0v) is 24.0. The first-order valence-corrected chi connectivity index (χ1v) is 15.3. The third-order valence-electron chi connectivity index (χ3n) is 6.52. The Balaban J connectivity index is 1.34. The molecule has 2 heterocycles. The number of rotatable bonds is 11. The van der Waals surface area contributed by atoms with E-state index in [0.717, 1.165) is 28.3 Å². The summed E-state index contributed by atoms with van der Waals surface area (Å²) in [5, 5.41) is 6.51. The van der Waals surface area contributed by atoms with Crippen molar-refractivity contribution in [2.75, 3.05) is 19.7 Å². The molecule has 0 aliphatic carbocycles. The molecule has 0 saturated carbocycles. The molecule has 3 atom stereocenters. The Kier molecular flexibility index (Phi) is 9.60. The van der Waals surface area contributed by atoms with Gasteiger partial charge >= 0.3 is 0 Å². The highest BCUT2D eigenvalue weighted by Gasteiger charge is 2.32. The molecule has 3 N–H and O–H groups in total. The highest BCUT2D eigenvalue weighted by Crippen LogP contribution is 2.26. The molecular formula is C27H31ClFN3O5S2. The van der Waals surface area contributed by atoms with Gasteiger partial charge in [0.2, 0.25) is 15.9 Å². The number of halogens is 2. The van der Waals surface area contributed by atoms with Crippen LogP contribution in [0.2, 0.25) is 5.02 Å². The lowest BCUT2D eigenvalue weighted by molar-refractivity contribution is -0.124. The fourth-order valence-corrected chi connectivity index (χ4v) is 7.08. The van der Waals surface area contributed by atoms with Crippen LogP contribution in [0.5, 0.6) is 0 Å². The Labute approximate surface area is 236 Å². The number of benzene rings is 2. The topological polar surface area (TPSA) is 114 Å². The molecule has 0 unspecified atom stereocenters. The maximum Gasteiger partial charge on any atom is 0.262 e. The number of hydrogen-bond donors (Lipinski definition) is 3. The summed E-state index contributed by atoms with van der Waals surface area (Å²) in [7, 11) is -3.96. The van der Waals surface area contributed by atoms with Gasteiger partial charge in [0, 0.05) is 30.3 Å². The molecule has 12 heteroatoms. The summed E-state index contributed by atoms with van der Waals surface area (Å²) in [4.78, 5) is 26.4. The van der Waals surface area contributed by atoms with Crippen LogP contribution in [0.1, 0.15) is 36.4 Å². The van der Waals surface area contributed by atoms with Crippen molar-refractivity contribution in [3.8, 4) is 0 Å². The zero-order chi connectivity index (χ0) is 28.2. The van der Waals surface area contributed by atoms with Crippen molar-refractivity contribution in [1.29, 1.82) is 0 Å². The minimum Gasteiger partial charge on any atom is -0.376 e. The molecular weight excluding hydrogens is 565 g/mol. The minimum atomic E-state index is -3.96. The number of thiophene rings is 1. The third-order valence-corrected chi connectivity index (χ3v) is 9.54. The van der Waals surface area contributed by atoms with Crippen LogP contribution in [0.15, 0.2) is 53.4 Å². The summed E-state index contributed by atoms with van der Waals surface area (Å²) >= 11 is 7.30. The fourth-order valence-electron chi connectivity index (χ4n) is 4.49. The number of ether oxygens (including phenoxy) is 1. The maximum absolute atomic E-state index is 13.3. The van der Waals surface area contributed by atoms with Crippen LogP contribution in [-0.4, -0.2) is 52.1 Å². The maximum atomic E-state index is 13.3. The van der Waals surface area contributed by atoms with Gasteiger partial charge in [-0.05, 0) is 54.5 Å². The van der Waals surface area contributed by atoms with E-state index in [0.29, 0.717) is 24.3 Å². The summed E-state index contributed by atoms with van der Waals surface area (Å²) in [6, 6.07) is 11.9. The van der Waals surface area contributed by atoms with Gasteiger partial charge in [-0.3, -0.25) is 9.59 Å². The van der Waals surface area contributed by atoms with E-state index < -0.39 is 28.0 Å². The van der Waals surface area contributed by atoms with Crippen LogP contribution in [0, 0.1) is 17.7 Å². The van der Waals surface area contributed by atoms with Crippen molar-refractivity contribution < 1.29 is 27.1 Å². The summed E-state index contributed by atoms with van der Waals surface area (Å²) in [5.74, 6) is -1.30. The van der Waals surface area contributed by atoms with Crippen LogP contribution in [0.25, 0.3) is 10.1 Å². The lowest BCUT2D eigenvalue weighted by atomic mass is 10.0. The second-order valence-corrected chi connectivity index (χ2v) is 13.2. The normalized spacial score (nSPS) is 18.4. The predicted octanol–water partition coefficient (Wildman–Crippen LogP) is 4.34. The average molecular weight is 596 g/mol. The van der Waals surface area contributed by atoms with Crippen molar-refractivity contribution in [2.45, 2.75) is 43.7 Å². The van der Waals surface area contributed by atoms with Crippen LogP contribution in [-0.2, 0) is 19.6 Å². The first-order valence-electron chi connectivity index (χ1n) is 12.7. The molecule has 2 aromatic carbocycles. The third kappa shape index (κ3) is 7.55. The van der Waals surface area contributed by atoms with Gasteiger partial charge in [0.25, 0.3) is 5.91 Å². The number of amides is 2. The predicted molar refractivity (Wildman–Crippen MR) is 150 cm³/mol. The molecule has 1 saturated heterocycles. The van der Waals surface area contributed by atoms with Crippen LogP contribution < -0.4 is 15.4 Å². The lowest BCUT2D eigenvalue weighted by Gasteiger charge is -2.23. The van der Waals surface area contributed by atoms with E-state index in [4.69, 9.17) is 16.3 Å². The molecule has 1 aliphatic heterocycles. The summed E-state index contributed by atoms with van der Waals surface area (Å²) in [6.45, 7) is 4.59. The number of fused-ring (bicyclic) bond motifs is 1. The SMILES string of the molecule is CC(C)C[C@H](NC(=O)c1cc2ccccc2s1)C(=O)NC[C@@H]1OCC[C@@H]1CNS(=O)(=O)c1ccc(F)cc1Cl. The van der Waals surface area contributed by atoms with Crippen molar-refractivity contribution in [3.63, 3.8) is 0 Å². The van der Waals surface area contributed by atoms with Crippen LogP contribution in [0.3, 0.4) is 0 Å². The monoisotopic (exact) mass is 595 g/mol. The molecule has 1 aliphatic rings. The van der Waals surface area contributed by atoms with E-state index in [2.05, 4.69) is 15.4 Å². The van der Waals surface area contributed by atoms with E-state index in [1.807, 2.05) is 44.2 Å². The molecule has 0 bridgehead atoms. The summed E-state index contributed by atoms with van der Waals surface area (Å²) < 4.78 is 48.0. The van der Waals surface area contributed by atoms with Crippen LogP contribution in [0.4, 0.5) is 4.39 Å². The highest BCUT2D eigenvalue weighted by molar-refractivity contribution is 7.89. The van der Waals surface area contributed by atoms with Gasteiger partial charge in [-0.2, -0.15) is 0 Å². The van der Waals surface area contributed by atoms with Gasteiger partial charge < -0.3 is 15.4 Å². The van der Waals surface area contributed by atoms with E-state index in [-0.39, 0.29) is 46.7 Å². The second kappa shape index (κ2) is 12.7. The standard InChI is InChI=1S/C27H31ClFN3O5S2/c1-16(2)11-21(32-27(34)24-12-17-5-3-4-6-23(17)38-24)26(33)30-15-22-18(9-10-37-22)14-31-39(35,36)25-8-7-19(29)13-20(25)28/h3-8,12-13,16,18,21-22,31H,9-11,14-15H2,1-2H3,(H,30,33)(H,32,34)/t18-,21+,22+/m1/s1. The minimum absolute atomic E-state index is 0.0642. The molecule has 0 radical (unpaired) electrons. The van der Waals surface area contributed by atoms with Crippen molar-refractivity contribution in [2.24, 2.45) is 11.8 Å². The number of carbonyl (C=O) groups excluding carboxylic acids is 2. The van der Waals surface area contributed by atoms with E-state index >= 15 is 0 Å². The first-order chi connectivity index (χ1) is 18.5. The van der Waals surface area contributed by atoms with Gasteiger partial charge in [-0.1, -0.05) is 43.6 Å². The average Bonchev–Trinajstić information content (AvgIpc) is 3.52. The molecule has 1 aromatic heterocycles. The van der Waals surface area contributed by atoms with Gasteiger partial charge in [0.1, 0.15) is 16.8 Å². The molecule has 0 spiro atoms. The van der Waals surface area contributed by atoms with Gasteiger partial charge in [0.15, 0.2) is 0 Å². The molecule has 210 valence electrons. The smallest absolute Gasteiger partial charge is 0.262 e. The van der Waals surface area contributed by atoms with E-state index in [1.165, 1.54) is 11.3 Å². The second-order valence-electron chi connectivity index (χ2n) is 9.93. The summed E-state index contributed by atoms with van der Waals surface area (Å²) in [5.41, 5.74) is 0. The molecule has 1 fully saturated rings. The Morgan fingerprint density at radius 2 is 1.92 bits per heavy atom. The van der Waals surface area contributed by atoms with Crippen molar-refractivity contribution in [3.05, 3.63) is 64.2 Å². The quantitative estimate of drug-likeness (QED) is 0.305. The Hall–Kier alpha value is -2.57. The van der Waals surface area contributed by atoms with Crippen molar-refractivity contribution in [1.82, 2.24) is 15.4 Å². The zero-order valence-electron chi connectivity index (χ0n) is 21.6. The summed E-state index contributed by atoms with van der Waals surface area (Å²) in [6.07, 6.45) is 0.631. The van der Waals surface area contributed by atoms with Gasteiger partial charge in [-0.15, -0.1) is 11.3 Å². The lowest BCUT2D eigenvalue weighted by Crippen LogP contribution is -2.49. The number of sulfonamides is 1. The highest BCUT2D eigenvalue weighted by atomic mass is 35.5. The first kappa shape index (κ1) is 29.4. The van der Waals surface area contributed by atoms with E-state index in [9.17, 15) is 22.4 Å². The van der Waals surface area contributed by atoms with Gasteiger partial charge in [-0.25, -0.2) is 17.5 Å². The Morgan fingerprint density at radius 3 is 2.64 bits per heavy atom. The molecule has 4 rings (SSSR count). The Bertz CT molecular complexity index is 1410. The molecule has 8 nitrogen and oxygen atoms in total. The fraction of sp³-hybridized carbons (Fsp3) is 0.407. The van der Waals surface area contributed by atoms with E-state index in [1.54, 1.807) is 0 Å². The Morgan fingerprint density at radius 1 is 1.15 bits per heavy atom. The number of nitrogens with one attached hydrogen (secondary N) is 3. The van der Waals surface area contributed by atoms with Crippen molar-refractivity contribution >= 4 is 54.9 Å². The van der Waals surface area contributed by atoms with Crippen LogP contribution >= 0.6 is 22.9 Å². The molecule has 2 amide bonds. The largest absolute Gasteiger partial charge is 0.376 e. The van der Waals surface area contributed by atoms with Gasteiger partial charge in [0.05, 0.1) is 16.0 Å². The number of hydrogen-bond acceptors (Lipinski definition) is 6. The molecule has 39 heavy (non-hydrogen) atoms.